The molecule has 4 heteroatoms. The largest absolute Gasteiger partial charge is 1.00 e. The van der Waals surface area contributed by atoms with Crippen molar-refractivity contribution in [3.8, 4) is 0 Å². The van der Waals surface area contributed by atoms with Crippen LogP contribution in [-0.4, -0.2) is 17.4 Å². The molecule has 0 unspecified atom stereocenters. The Morgan fingerprint density at radius 2 is 1.25 bits per heavy atom. The maximum Gasteiger partial charge on any atom is 1.00 e. The van der Waals surface area contributed by atoms with Crippen molar-refractivity contribution in [2.75, 3.05) is 0 Å². The van der Waals surface area contributed by atoms with Gasteiger partial charge in [-0.1, -0.05) is 0 Å². The summed E-state index contributed by atoms with van der Waals surface area (Å²) < 4.78 is 0. The van der Waals surface area contributed by atoms with E-state index >= 15 is 0 Å². The molecule has 0 nitrogen and oxygen atoms in total. The van der Waals surface area contributed by atoms with Crippen LogP contribution in [-0.2, 0) is 15.1 Å². The van der Waals surface area contributed by atoms with E-state index in [1.165, 1.54) is 0 Å². The molecule has 0 aliphatic heterocycles. The summed E-state index contributed by atoms with van der Waals surface area (Å²) in [5, 5.41) is 0. The van der Waals surface area contributed by atoms with Crippen LogP contribution in [0, 0.1) is 0 Å². The average Bonchev–Trinajstić information content (AvgIpc) is 1.00. The Bertz CT molecular complexity index is 8.00. The molecule has 0 aliphatic carbocycles. The maximum atomic E-state index is 4.20. The molecule has 0 rings (SSSR count). The minimum atomic E-state index is 0. The first-order valence-corrected chi connectivity index (χ1v) is 1.41. The van der Waals surface area contributed by atoms with Crippen molar-refractivity contribution < 1.29 is 44.7 Å². The van der Waals surface area contributed by atoms with Gasteiger partial charge in [-0.05, 0) is 0 Å². The molecular weight excluding hydrogens is 149 g/mol. The second-order valence-electron chi connectivity index (χ2n) is 0. The summed E-state index contributed by atoms with van der Waals surface area (Å²) in [6, 6.07) is 0. The normalized spacial score (nSPS) is 1.75. The third-order valence-corrected chi connectivity index (χ3v) is 0. The van der Waals surface area contributed by atoms with Gasteiger partial charge in [0.15, 0.2) is 0 Å². The van der Waals surface area contributed by atoms with Gasteiger partial charge in [0, 0.05) is 17.4 Å². The van der Waals surface area contributed by atoms with E-state index in [2.05, 4.69) is 25.2 Å². The van der Waals surface area contributed by atoms with Crippen molar-refractivity contribution >= 4 is 27.5 Å². The van der Waals surface area contributed by atoms with Crippen LogP contribution in [0.4, 0.5) is 0 Å². The van der Waals surface area contributed by atoms with E-state index in [1.807, 2.05) is 0 Å². The Hall–Kier alpha value is 2.34. The second kappa shape index (κ2) is 18.4. The van der Waals surface area contributed by atoms with E-state index in [1.54, 1.807) is 0 Å². The zero-order valence-corrected chi connectivity index (χ0v) is 5.38. The molecule has 0 radical (unpaired) electrons. The molecule has 26 valence electrons. The standard InChI is InChI=1S/Al.ClH.Cu.Na.4H/h;1H;;;;;;/q-1;;2*+1;;;;/p-1. The average molecular weight is 153 g/mol. The Labute approximate surface area is 71.1 Å². The van der Waals surface area contributed by atoms with Gasteiger partial charge >= 0.3 is 54.8 Å². The number of hydrogen-bond donors (Lipinski definition) is 0. The van der Waals surface area contributed by atoms with Gasteiger partial charge in [0.25, 0.3) is 0 Å². The quantitative estimate of drug-likeness (QED) is 0.313. The van der Waals surface area contributed by atoms with E-state index in [-0.39, 0.29) is 46.9 Å². The fourth-order valence-corrected chi connectivity index (χ4v) is 0. The van der Waals surface area contributed by atoms with E-state index < -0.39 is 0 Å². The summed E-state index contributed by atoms with van der Waals surface area (Å²) in [6.07, 6.45) is 0. The van der Waals surface area contributed by atoms with E-state index in [4.69, 9.17) is 0 Å². The van der Waals surface area contributed by atoms with Gasteiger partial charge in [0.2, 0.25) is 0 Å². The fourth-order valence-electron chi connectivity index (χ4n) is 0. The van der Waals surface area contributed by atoms with Crippen LogP contribution in [0.3, 0.4) is 0 Å². The summed E-state index contributed by atoms with van der Waals surface area (Å²) in [7, 11) is 4.20. The molecule has 0 heterocycles. The van der Waals surface area contributed by atoms with Crippen molar-refractivity contribution in [2.45, 2.75) is 0 Å². The Morgan fingerprint density at radius 1 is 1.25 bits per heavy atom. The first-order valence-electron chi connectivity index (χ1n) is 0.114. The number of hydrogen-bond acceptors (Lipinski definition) is 0. The van der Waals surface area contributed by atoms with Crippen molar-refractivity contribution in [2.24, 2.45) is 0 Å². The molecule has 0 saturated heterocycles. The smallest absolute Gasteiger partial charge is 1.00 e. The molecule has 0 amide bonds. The van der Waals surface area contributed by atoms with E-state index in [9.17, 15) is 0 Å². The molecule has 0 aromatic rings. The molecular formula is H4AlClCuNa. The van der Waals surface area contributed by atoms with E-state index in [0.29, 0.717) is 0 Å². The van der Waals surface area contributed by atoms with Crippen molar-refractivity contribution in [1.82, 2.24) is 0 Å². The van der Waals surface area contributed by atoms with Crippen LogP contribution in [0.5, 0.6) is 0 Å². The Morgan fingerprint density at radius 3 is 1.25 bits per heavy atom. The fraction of sp³-hybridized carbons (Fsp3) is 0. The SMILES string of the molecule is [AlH4-].[Cl][Cu].[Na+]. The third kappa shape index (κ3) is 8.84. The Balaban J connectivity index is -0.00000000500. The van der Waals surface area contributed by atoms with Crippen LogP contribution >= 0.6 is 10.1 Å². The van der Waals surface area contributed by atoms with Gasteiger partial charge in [0.1, 0.15) is 0 Å². The molecule has 0 aromatic heterocycles. The van der Waals surface area contributed by atoms with Gasteiger partial charge in [-0.2, -0.15) is 0 Å². The molecule has 0 aliphatic rings. The molecule has 0 N–H and O–H groups in total. The molecule has 0 spiro atoms. The van der Waals surface area contributed by atoms with Crippen molar-refractivity contribution in [1.29, 1.82) is 0 Å². The summed E-state index contributed by atoms with van der Waals surface area (Å²) in [6.45, 7) is 0. The van der Waals surface area contributed by atoms with Crippen LogP contribution in [0.15, 0.2) is 0 Å². The summed E-state index contributed by atoms with van der Waals surface area (Å²) in [5.74, 6) is 0. The van der Waals surface area contributed by atoms with Gasteiger partial charge < -0.3 is 0 Å². The second-order valence-corrected chi connectivity index (χ2v) is 0. The van der Waals surface area contributed by atoms with Crippen LogP contribution in [0.25, 0.3) is 0 Å². The Kier molecular flexibility index (Phi) is 74.4. The zero-order chi connectivity index (χ0) is 2.00. The van der Waals surface area contributed by atoms with Crippen molar-refractivity contribution in [3.05, 3.63) is 0 Å². The van der Waals surface area contributed by atoms with Gasteiger partial charge in [0.05, 0.1) is 0 Å². The molecule has 0 aromatic carbocycles. The van der Waals surface area contributed by atoms with Gasteiger partial charge in [-0.3, -0.25) is 0 Å². The molecule has 4 heavy (non-hydrogen) atoms. The first-order chi connectivity index (χ1) is 1.00. The summed E-state index contributed by atoms with van der Waals surface area (Å²) in [5.41, 5.74) is 0. The minimum Gasteiger partial charge on any atom is 1.00 e. The topological polar surface area (TPSA) is 0 Å². The molecule has 0 fully saturated rings. The third-order valence-electron chi connectivity index (χ3n) is 0. The molecule has 0 bridgehead atoms. The van der Waals surface area contributed by atoms with Gasteiger partial charge in [-0.15, -0.1) is 0 Å². The summed E-state index contributed by atoms with van der Waals surface area (Å²) in [4.78, 5) is 0. The predicted octanol–water partition coefficient (Wildman–Crippen LogP) is -3.76. The minimum absolute atomic E-state index is 0. The molecule has 0 atom stereocenters. The predicted molar refractivity (Wildman–Crippen MR) is 17.2 cm³/mol. The molecule has 0 saturated carbocycles. The van der Waals surface area contributed by atoms with Gasteiger partial charge in [-0.25, -0.2) is 0 Å². The van der Waals surface area contributed by atoms with Crippen LogP contribution in [0.2, 0.25) is 0 Å². The maximum absolute atomic E-state index is 4.20. The monoisotopic (exact) mass is 152 g/mol. The number of rotatable bonds is 0. The van der Waals surface area contributed by atoms with E-state index in [0.717, 1.165) is 0 Å². The summed E-state index contributed by atoms with van der Waals surface area (Å²) >= 11 is 3.66. The van der Waals surface area contributed by atoms with Crippen molar-refractivity contribution in [3.63, 3.8) is 0 Å². The van der Waals surface area contributed by atoms with Crippen LogP contribution < -0.4 is 29.6 Å². The number of halogens is 1. The first kappa shape index (κ1) is 16.2. The zero-order valence-electron chi connectivity index (χ0n) is 1.68. The van der Waals surface area contributed by atoms with Crippen LogP contribution in [0.1, 0.15) is 0 Å².